The molecule has 0 aromatic rings. The average molecular weight is 127 g/mol. The lowest BCUT2D eigenvalue weighted by Gasteiger charge is -2.08. The topological polar surface area (TPSA) is 32.3 Å². The average Bonchev–Trinajstić information content (AvgIpc) is 2.44. The third-order valence-electron chi connectivity index (χ3n) is 2.56. The largest absolute Gasteiger partial charge is 0.395 e. The van der Waals surface area contributed by atoms with Gasteiger partial charge in [-0.25, -0.2) is 0 Å². The third kappa shape index (κ3) is 0.864. The minimum Gasteiger partial charge on any atom is -0.395 e. The van der Waals surface area contributed by atoms with Crippen LogP contribution in [0.1, 0.15) is 25.7 Å². The van der Waals surface area contributed by atoms with Gasteiger partial charge in [0.15, 0.2) is 0 Å². The van der Waals surface area contributed by atoms with E-state index < -0.39 is 0 Å². The Bertz CT molecular complexity index is 120. The smallest absolute Gasteiger partial charge is 0.0584 e. The third-order valence-corrected chi connectivity index (χ3v) is 2.56. The second-order valence-corrected chi connectivity index (χ2v) is 3.34. The molecule has 52 valence electrons. The predicted octanol–water partition coefficient (Wildman–Crippen LogP) is 0.263. The monoisotopic (exact) mass is 127 g/mol. The zero-order chi connectivity index (χ0) is 6.32. The first-order valence-electron chi connectivity index (χ1n) is 3.73. The number of nitrogens with one attached hydrogen (secondary N) is 1. The van der Waals surface area contributed by atoms with Crippen LogP contribution in [0, 0.1) is 0 Å². The molecule has 2 nitrogen and oxygen atoms in total. The normalized spacial score (nSPS) is 37.7. The van der Waals surface area contributed by atoms with E-state index in [4.69, 9.17) is 5.11 Å². The van der Waals surface area contributed by atoms with E-state index in [0.717, 1.165) is 0 Å². The number of hydrogen-bond donors (Lipinski definition) is 2. The summed E-state index contributed by atoms with van der Waals surface area (Å²) in [6, 6.07) is 0.410. The molecule has 1 saturated carbocycles. The molecule has 2 heteroatoms. The van der Waals surface area contributed by atoms with Crippen molar-refractivity contribution >= 4 is 0 Å². The molecule has 0 aromatic carbocycles. The van der Waals surface area contributed by atoms with E-state index in [2.05, 4.69) is 5.32 Å². The SMILES string of the molecule is OC[C@H]1CCC2(CC2)N1. The fraction of sp³-hybridized carbons (Fsp3) is 1.00. The first-order valence-corrected chi connectivity index (χ1v) is 3.73. The Hall–Kier alpha value is -0.0800. The van der Waals surface area contributed by atoms with E-state index in [9.17, 15) is 0 Å². The van der Waals surface area contributed by atoms with Gasteiger partial charge in [0.2, 0.25) is 0 Å². The molecule has 0 radical (unpaired) electrons. The van der Waals surface area contributed by atoms with E-state index >= 15 is 0 Å². The van der Waals surface area contributed by atoms with Crippen molar-refractivity contribution in [1.82, 2.24) is 5.32 Å². The first-order chi connectivity index (χ1) is 4.35. The summed E-state index contributed by atoms with van der Waals surface area (Å²) < 4.78 is 0. The van der Waals surface area contributed by atoms with Crippen molar-refractivity contribution in [1.29, 1.82) is 0 Å². The van der Waals surface area contributed by atoms with Gasteiger partial charge in [0.25, 0.3) is 0 Å². The van der Waals surface area contributed by atoms with Gasteiger partial charge in [-0.3, -0.25) is 0 Å². The molecule has 0 aromatic heterocycles. The number of hydrogen-bond acceptors (Lipinski definition) is 2. The molecule has 2 N–H and O–H groups in total. The minimum atomic E-state index is 0.321. The van der Waals surface area contributed by atoms with E-state index in [1.807, 2.05) is 0 Å². The van der Waals surface area contributed by atoms with Gasteiger partial charge in [0.05, 0.1) is 6.61 Å². The lowest BCUT2D eigenvalue weighted by Crippen LogP contribution is -2.32. The quantitative estimate of drug-likeness (QED) is 0.529. The fourth-order valence-electron chi connectivity index (χ4n) is 1.71. The Balaban J connectivity index is 1.93. The highest BCUT2D eigenvalue weighted by atomic mass is 16.3. The van der Waals surface area contributed by atoms with E-state index in [0.29, 0.717) is 18.2 Å². The van der Waals surface area contributed by atoms with Gasteiger partial charge in [-0.2, -0.15) is 0 Å². The van der Waals surface area contributed by atoms with Gasteiger partial charge in [0.1, 0.15) is 0 Å². The van der Waals surface area contributed by atoms with Crippen molar-refractivity contribution in [2.24, 2.45) is 0 Å². The Morgan fingerprint density at radius 2 is 2.22 bits per heavy atom. The Morgan fingerprint density at radius 3 is 2.56 bits per heavy atom. The van der Waals surface area contributed by atoms with E-state index in [-0.39, 0.29) is 0 Å². The van der Waals surface area contributed by atoms with Crippen LogP contribution in [0.4, 0.5) is 0 Å². The van der Waals surface area contributed by atoms with Crippen molar-refractivity contribution in [2.75, 3.05) is 6.61 Å². The molecule has 1 atom stereocenters. The summed E-state index contributed by atoms with van der Waals surface area (Å²) in [6.07, 6.45) is 5.14. The van der Waals surface area contributed by atoms with E-state index in [1.54, 1.807) is 0 Å². The van der Waals surface area contributed by atoms with Crippen LogP contribution in [-0.4, -0.2) is 23.3 Å². The van der Waals surface area contributed by atoms with Crippen molar-refractivity contribution in [3.63, 3.8) is 0 Å². The Kier molecular flexibility index (Phi) is 1.08. The van der Waals surface area contributed by atoms with Crippen LogP contribution < -0.4 is 5.32 Å². The Morgan fingerprint density at radius 1 is 1.44 bits per heavy atom. The molecule has 2 fully saturated rings. The molecule has 2 rings (SSSR count). The lowest BCUT2D eigenvalue weighted by molar-refractivity contribution is 0.250. The van der Waals surface area contributed by atoms with Crippen molar-refractivity contribution < 1.29 is 5.11 Å². The molecule has 1 spiro atoms. The summed E-state index contributed by atoms with van der Waals surface area (Å²) in [4.78, 5) is 0. The van der Waals surface area contributed by atoms with Gasteiger partial charge in [-0.15, -0.1) is 0 Å². The summed E-state index contributed by atoms with van der Waals surface area (Å²) in [6.45, 7) is 0.321. The molecule has 2 aliphatic rings. The molecule has 0 unspecified atom stereocenters. The fourth-order valence-corrected chi connectivity index (χ4v) is 1.71. The van der Waals surface area contributed by atoms with Gasteiger partial charge in [-0.05, 0) is 25.7 Å². The van der Waals surface area contributed by atoms with Gasteiger partial charge < -0.3 is 10.4 Å². The van der Waals surface area contributed by atoms with Gasteiger partial charge in [0, 0.05) is 11.6 Å². The maximum Gasteiger partial charge on any atom is 0.0584 e. The van der Waals surface area contributed by atoms with Crippen LogP contribution in [-0.2, 0) is 0 Å². The van der Waals surface area contributed by atoms with Crippen LogP contribution >= 0.6 is 0 Å². The summed E-state index contributed by atoms with van der Waals surface area (Å²) >= 11 is 0. The summed E-state index contributed by atoms with van der Waals surface area (Å²) in [7, 11) is 0. The molecule has 0 bridgehead atoms. The second kappa shape index (κ2) is 1.70. The predicted molar refractivity (Wildman–Crippen MR) is 35.2 cm³/mol. The Labute approximate surface area is 55.3 Å². The van der Waals surface area contributed by atoms with Crippen LogP contribution in [0.25, 0.3) is 0 Å². The van der Waals surface area contributed by atoms with Crippen LogP contribution in [0.3, 0.4) is 0 Å². The molecule has 1 aliphatic heterocycles. The molecule has 1 saturated heterocycles. The first kappa shape index (κ1) is 5.69. The highest BCUT2D eigenvalue weighted by Crippen LogP contribution is 2.44. The molecule has 1 aliphatic carbocycles. The van der Waals surface area contributed by atoms with Gasteiger partial charge in [-0.1, -0.05) is 0 Å². The number of aliphatic hydroxyl groups is 1. The zero-order valence-corrected chi connectivity index (χ0v) is 5.56. The standard InChI is InChI=1S/C7H13NO/c9-5-6-1-2-7(8-6)3-4-7/h6,8-9H,1-5H2/t6-/m1/s1. The van der Waals surface area contributed by atoms with Crippen LogP contribution in [0.2, 0.25) is 0 Å². The van der Waals surface area contributed by atoms with Crippen molar-refractivity contribution in [3.8, 4) is 0 Å². The maximum atomic E-state index is 8.76. The second-order valence-electron chi connectivity index (χ2n) is 3.34. The molecule has 1 heterocycles. The summed E-state index contributed by atoms with van der Waals surface area (Å²) in [5.74, 6) is 0. The van der Waals surface area contributed by atoms with Crippen molar-refractivity contribution in [3.05, 3.63) is 0 Å². The van der Waals surface area contributed by atoms with Crippen molar-refractivity contribution in [2.45, 2.75) is 37.3 Å². The molecular weight excluding hydrogens is 114 g/mol. The summed E-state index contributed by atoms with van der Waals surface area (Å²) in [5, 5.41) is 12.2. The maximum absolute atomic E-state index is 8.76. The summed E-state index contributed by atoms with van der Waals surface area (Å²) in [5.41, 5.74) is 0.507. The zero-order valence-electron chi connectivity index (χ0n) is 5.56. The highest BCUT2D eigenvalue weighted by Gasteiger charge is 2.47. The highest BCUT2D eigenvalue weighted by molar-refractivity contribution is 5.07. The number of rotatable bonds is 1. The number of aliphatic hydroxyl groups excluding tert-OH is 1. The molecule has 0 amide bonds. The molecular formula is C7H13NO. The van der Waals surface area contributed by atoms with Crippen LogP contribution in [0.15, 0.2) is 0 Å². The van der Waals surface area contributed by atoms with Crippen LogP contribution in [0.5, 0.6) is 0 Å². The molecule has 9 heavy (non-hydrogen) atoms. The van der Waals surface area contributed by atoms with E-state index in [1.165, 1.54) is 25.7 Å². The lowest BCUT2D eigenvalue weighted by atomic mass is 10.2. The minimum absolute atomic E-state index is 0.321. The van der Waals surface area contributed by atoms with Gasteiger partial charge >= 0.3 is 0 Å².